The van der Waals surface area contributed by atoms with Crippen molar-refractivity contribution in [1.29, 1.82) is 0 Å². The third-order valence-corrected chi connectivity index (χ3v) is 7.47. The van der Waals surface area contributed by atoms with Crippen molar-refractivity contribution < 1.29 is 13.5 Å². The predicted molar refractivity (Wildman–Crippen MR) is 143 cm³/mol. The van der Waals surface area contributed by atoms with E-state index < -0.39 is 0 Å². The van der Waals surface area contributed by atoms with E-state index in [1.165, 1.54) is 24.3 Å². The molecule has 1 fully saturated rings. The number of tetrazole rings is 1. The minimum Gasteiger partial charge on any atom is -0.489 e. The molecule has 3 aromatic carbocycles. The van der Waals surface area contributed by atoms with Gasteiger partial charge < -0.3 is 20.0 Å². The molecule has 0 amide bonds. The van der Waals surface area contributed by atoms with E-state index >= 15 is 0 Å². The maximum Gasteiger partial charge on any atom is 0.263 e. The number of anilines is 1. The first-order valence-electron chi connectivity index (χ1n) is 13.1. The lowest BCUT2D eigenvalue weighted by molar-refractivity contribution is 0.308. The summed E-state index contributed by atoms with van der Waals surface area (Å²) in [6.45, 7) is 3.39. The normalized spacial score (nSPS) is 17.2. The van der Waals surface area contributed by atoms with E-state index in [1.807, 2.05) is 6.07 Å². The number of aromatic amines is 2. The zero-order valence-electron chi connectivity index (χ0n) is 20.9. The summed E-state index contributed by atoms with van der Waals surface area (Å²) < 4.78 is 34.6. The second-order valence-corrected chi connectivity index (χ2v) is 10.3. The van der Waals surface area contributed by atoms with E-state index in [4.69, 9.17) is 4.74 Å². The van der Waals surface area contributed by atoms with Gasteiger partial charge in [-0.1, -0.05) is 12.0 Å². The van der Waals surface area contributed by atoms with Crippen molar-refractivity contribution in [3.63, 3.8) is 0 Å². The van der Waals surface area contributed by atoms with Gasteiger partial charge in [0.05, 0.1) is 24.2 Å². The Morgan fingerprint density at radius 2 is 1.58 bits per heavy atom. The number of rotatable bonds is 9. The third kappa shape index (κ3) is 4.09. The first-order valence-corrected chi connectivity index (χ1v) is 13.1. The van der Waals surface area contributed by atoms with Crippen molar-refractivity contribution in [2.24, 2.45) is 5.92 Å². The van der Waals surface area contributed by atoms with Gasteiger partial charge in [0, 0.05) is 38.6 Å². The largest absolute Gasteiger partial charge is 0.489 e. The van der Waals surface area contributed by atoms with Crippen molar-refractivity contribution in [2.75, 3.05) is 11.9 Å². The number of aromatic nitrogens is 6. The van der Waals surface area contributed by atoms with Gasteiger partial charge in [-0.25, -0.2) is 8.78 Å². The molecule has 7 rings (SSSR count). The molecule has 2 atom stereocenters. The SMILES string of the molecule is C[C@H]1CC1Nc1nnn(CCCCCOc2c3[nH]c4ccc(F)cc4c3cc3c2[nH]c2ccc(F)cc23)n1. The first-order chi connectivity index (χ1) is 18.5. The Morgan fingerprint density at radius 3 is 2.21 bits per heavy atom. The highest BCUT2D eigenvalue weighted by atomic mass is 19.1. The number of nitrogens with one attached hydrogen (secondary N) is 3. The minimum absolute atomic E-state index is 0.308. The molecular formula is C28H27F2N7O. The smallest absolute Gasteiger partial charge is 0.263 e. The average Bonchev–Trinajstić information content (AvgIpc) is 3.24. The second kappa shape index (κ2) is 8.97. The Labute approximate surface area is 216 Å². The highest BCUT2D eigenvalue weighted by molar-refractivity contribution is 6.20. The fraction of sp³-hybridized carbons (Fsp3) is 0.321. The molecule has 1 aliphatic carbocycles. The molecule has 3 aromatic heterocycles. The van der Waals surface area contributed by atoms with Gasteiger partial charge in [0.2, 0.25) is 0 Å². The van der Waals surface area contributed by atoms with E-state index in [0.717, 1.165) is 69.3 Å². The Bertz CT molecular complexity index is 1710. The van der Waals surface area contributed by atoms with Gasteiger partial charge in [-0.05, 0) is 79.3 Å². The highest BCUT2D eigenvalue weighted by Gasteiger charge is 2.33. The van der Waals surface area contributed by atoms with Crippen LogP contribution < -0.4 is 10.1 Å². The molecule has 0 saturated heterocycles. The molecule has 8 nitrogen and oxygen atoms in total. The molecule has 0 radical (unpaired) electrons. The molecule has 0 bridgehead atoms. The molecule has 3 N–H and O–H groups in total. The van der Waals surface area contributed by atoms with Crippen molar-refractivity contribution in [3.05, 3.63) is 54.1 Å². The summed E-state index contributed by atoms with van der Waals surface area (Å²) >= 11 is 0. The summed E-state index contributed by atoms with van der Waals surface area (Å²) in [6, 6.07) is 11.8. The van der Waals surface area contributed by atoms with Crippen LogP contribution in [0.15, 0.2) is 42.5 Å². The molecule has 194 valence electrons. The second-order valence-electron chi connectivity index (χ2n) is 10.3. The Balaban J connectivity index is 1.10. The van der Waals surface area contributed by atoms with Gasteiger partial charge in [-0.15, -0.1) is 5.10 Å². The molecule has 38 heavy (non-hydrogen) atoms. The van der Waals surface area contributed by atoms with Crippen LogP contribution in [-0.2, 0) is 6.54 Å². The molecule has 0 aliphatic heterocycles. The van der Waals surface area contributed by atoms with Gasteiger partial charge in [0.1, 0.15) is 11.6 Å². The average molecular weight is 516 g/mol. The van der Waals surface area contributed by atoms with Crippen LogP contribution in [0, 0.1) is 17.6 Å². The monoisotopic (exact) mass is 515 g/mol. The third-order valence-electron chi connectivity index (χ3n) is 7.47. The lowest BCUT2D eigenvalue weighted by Gasteiger charge is -2.09. The first kappa shape index (κ1) is 22.9. The zero-order valence-corrected chi connectivity index (χ0v) is 20.9. The number of hydrogen-bond donors (Lipinski definition) is 3. The van der Waals surface area contributed by atoms with E-state index in [9.17, 15) is 8.78 Å². The van der Waals surface area contributed by atoms with Crippen molar-refractivity contribution in [1.82, 2.24) is 30.2 Å². The minimum atomic E-state index is -0.308. The summed E-state index contributed by atoms with van der Waals surface area (Å²) in [5, 5.41) is 19.1. The zero-order chi connectivity index (χ0) is 25.8. The van der Waals surface area contributed by atoms with Gasteiger partial charge in [0.25, 0.3) is 5.95 Å². The van der Waals surface area contributed by atoms with E-state index in [2.05, 4.69) is 37.6 Å². The number of ether oxygens (including phenoxy) is 1. The summed E-state index contributed by atoms with van der Waals surface area (Å²) in [5.74, 6) is 1.31. The van der Waals surface area contributed by atoms with Gasteiger partial charge in [-0.2, -0.15) is 4.80 Å². The number of nitrogens with zero attached hydrogens (tertiary/aromatic N) is 4. The lowest BCUT2D eigenvalue weighted by atomic mass is 10.1. The molecule has 0 spiro atoms. The quantitative estimate of drug-likeness (QED) is 0.197. The Kier molecular flexibility index (Phi) is 5.41. The van der Waals surface area contributed by atoms with Gasteiger partial charge in [-0.3, -0.25) is 0 Å². The maximum absolute atomic E-state index is 14.1. The predicted octanol–water partition coefficient (Wildman–Crippen LogP) is 6.29. The Hall–Kier alpha value is -4.21. The van der Waals surface area contributed by atoms with Gasteiger partial charge in [0.15, 0.2) is 5.75 Å². The van der Waals surface area contributed by atoms with Crippen LogP contribution in [0.1, 0.15) is 32.6 Å². The molecule has 1 saturated carbocycles. The number of halogens is 2. The number of benzene rings is 3. The van der Waals surface area contributed by atoms with Crippen LogP contribution in [0.2, 0.25) is 0 Å². The van der Waals surface area contributed by atoms with Crippen molar-refractivity contribution in [3.8, 4) is 5.75 Å². The number of H-pyrrole nitrogens is 2. The van der Waals surface area contributed by atoms with Crippen LogP contribution in [0.25, 0.3) is 43.6 Å². The van der Waals surface area contributed by atoms with Crippen molar-refractivity contribution >= 4 is 49.6 Å². The fourth-order valence-electron chi connectivity index (χ4n) is 5.23. The van der Waals surface area contributed by atoms with Crippen LogP contribution in [0.4, 0.5) is 14.7 Å². The summed E-state index contributed by atoms with van der Waals surface area (Å²) in [7, 11) is 0. The van der Waals surface area contributed by atoms with Crippen LogP contribution in [-0.4, -0.2) is 42.8 Å². The van der Waals surface area contributed by atoms with Crippen LogP contribution >= 0.6 is 0 Å². The summed E-state index contributed by atoms with van der Waals surface area (Å²) in [6.07, 6.45) is 3.81. The standard InChI is InChI=1S/C28H27F2N7O/c1-15-11-24(15)33-28-34-36-37(35-28)9-3-2-4-10-38-27-25-20(18-12-16(29)5-7-22(18)31-25)14-21-19-13-17(30)6-8-23(19)32-26(21)27/h5-8,12-15,24,31-32H,2-4,9-11H2,1H3,(H,33,35)/t15-,24?/m0/s1. The maximum atomic E-state index is 14.1. The van der Waals surface area contributed by atoms with Crippen molar-refractivity contribution in [2.45, 2.75) is 45.2 Å². The molecule has 6 aromatic rings. The van der Waals surface area contributed by atoms with Crippen LogP contribution in [0.3, 0.4) is 0 Å². The lowest BCUT2D eigenvalue weighted by Crippen LogP contribution is -2.07. The number of hydrogen-bond acceptors (Lipinski definition) is 5. The number of unbranched alkanes of at least 4 members (excludes halogenated alkanes) is 2. The molecule has 10 heteroatoms. The van der Waals surface area contributed by atoms with E-state index in [0.29, 0.717) is 36.8 Å². The molecule has 1 aliphatic rings. The number of fused-ring (bicyclic) bond motifs is 6. The molecular weight excluding hydrogens is 488 g/mol. The molecule has 3 heterocycles. The summed E-state index contributed by atoms with van der Waals surface area (Å²) in [5.41, 5.74) is 3.23. The molecule has 1 unspecified atom stereocenters. The topological polar surface area (TPSA) is 96.4 Å². The van der Waals surface area contributed by atoms with E-state index in [1.54, 1.807) is 16.9 Å². The number of aryl methyl sites for hydroxylation is 1. The van der Waals surface area contributed by atoms with Gasteiger partial charge >= 0.3 is 0 Å². The summed E-state index contributed by atoms with van der Waals surface area (Å²) in [4.78, 5) is 8.43. The fourth-order valence-corrected chi connectivity index (χ4v) is 5.23. The Morgan fingerprint density at radius 1 is 0.921 bits per heavy atom. The van der Waals surface area contributed by atoms with Crippen LogP contribution in [0.5, 0.6) is 5.75 Å². The van der Waals surface area contributed by atoms with E-state index in [-0.39, 0.29) is 11.6 Å². The highest BCUT2D eigenvalue weighted by Crippen LogP contribution is 2.41.